The summed E-state index contributed by atoms with van der Waals surface area (Å²) in [5.74, 6) is -0.495. The number of phosphoric acid groups is 1. The summed E-state index contributed by atoms with van der Waals surface area (Å²) in [5.41, 5.74) is 0. The van der Waals surface area contributed by atoms with Crippen molar-refractivity contribution in [3.05, 3.63) is 85.1 Å². The van der Waals surface area contributed by atoms with E-state index in [4.69, 9.17) is 13.8 Å². The molecule has 0 radical (unpaired) electrons. The van der Waals surface area contributed by atoms with E-state index < -0.39 is 20.0 Å². The third-order valence-electron chi connectivity index (χ3n) is 17.3. The van der Waals surface area contributed by atoms with Crippen LogP contribution in [-0.2, 0) is 27.9 Å². The average Bonchev–Trinajstić information content (AvgIpc) is 3.45. The van der Waals surface area contributed by atoms with E-state index in [2.05, 4.69) is 105 Å². The molecule has 3 atom stereocenters. The number of nitrogens with zero attached hydrogens (tertiary/aromatic N) is 1. The number of nitrogens with one attached hydrogen (secondary N) is 1. The molecular formula is C81H150N2O7P+. The number of hydrogen-bond acceptors (Lipinski definition) is 6. The van der Waals surface area contributed by atoms with Crippen molar-refractivity contribution in [2.24, 2.45) is 0 Å². The fraction of sp³-hybridized carbons (Fsp3) is 0.802. The Balaban J connectivity index is 4.99. The fourth-order valence-electron chi connectivity index (χ4n) is 11.4. The van der Waals surface area contributed by atoms with Crippen LogP contribution in [0.5, 0.6) is 0 Å². The van der Waals surface area contributed by atoms with Crippen molar-refractivity contribution in [3.8, 4) is 0 Å². The van der Waals surface area contributed by atoms with Gasteiger partial charge in [-0.15, -0.1) is 0 Å². The highest BCUT2D eigenvalue weighted by atomic mass is 31.2. The average molecular weight is 1300 g/mol. The van der Waals surface area contributed by atoms with Crippen LogP contribution in [0.2, 0.25) is 0 Å². The van der Waals surface area contributed by atoms with Crippen molar-refractivity contribution >= 4 is 19.7 Å². The Morgan fingerprint density at radius 1 is 0.396 bits per heavy atom. The normalized spacial score (nSPS) is 13.9. The maximum absolute atomic E-state index is 13.7. The molecule has 0 aliphatic heterocycles. The number of carbonyl (C=O) groups is 2. The number of carbonyl (C=O) groups excluding carboxylic acids is 2. The molecule has 10 heteroatoms. The molecule has 0 bridgehead atoms. The van der Waals surface area contributed by atoms with Crippen molar-refractivity contribution in [3.63, 3.8) is 0 Å². The number of phosphoric ester groups is 1. The summed E-state index contributed by atoms with van der Waals surface area (Å²) >= 11 is 0. The third-order valence-corrected chi connectivity index (χ3v) is 18.3. The van der Waals surface area contributed by atoms with Gasteiger partial charge in [-0.05, 0) is 102 Å². The van der Waals surface area contributed by atoms with Crippen LogP contribution in [0, 0.1) is 0 Å². The van der Waals surface area contributed by atoms with Gasteiger partial charge in [-0.25, -0.2) is 4.57 Å². The van der Waals surface area contributed by atoms with Gasteiger partial charge >= 0.3 is 13.8 Å². The molecule has 3 unspecified atom stereocenters. The number of hydrogen-bond donors (Lipinski definition) is 2. The van der Waals surface area contributed by atoms with Crippen LogP contribution in [0.4, 0.5) is 0 Å². The molecule has 2 N–H and O–H groups in total. The maximum atomic E-state index is 13.7. The second-order valence-electron chi connectivity index (χ2n) is 27.5. The Morgan fingerprint density at radius 2 is 0.703 bits per heavy atom. The van der Waals surface area contributed by atoms with E-state index in [0.717, 1.165) is 89.9 Å². The van der Waals surface area contributed by atoms with Crippen molar-refractivity contribution in [2.45, 2.75) is 380 Å². The second kappa shape index (κ2) is 70.0. The Labute approximate surface area is 565 Å². The topological polar surface area (TPSA) is 111 Å². The van der Waals surface area contributed by atoms with Gasteiger partial charge in [0.1, 0.15) is 19.3 Å². The van der Waals surface area contributed by atoms with Gasteiger partial charge < -0.3 is 19.4 Å². The zero-order chi connectivity index (χ0) is 66.3. The van der Waals surface area contributed by atoms with Crippen molar-refractivity contribution < 1.29 is 37.3 Å². The minimum absolute atomic E-state index is 0.0385. The Morgan fingerprint density at radius 3 is 1.07 bits per heavy atom. The minimum Gasteiger partial charge on any atom is -0.456 e. The number of quaternary nitrogens is 1. The zero-order valence-electron chi connectivity index (χ0n) is 60.8. The predicted molar refractivity (Wildman–Crippen MR) is 397 cm³/mol. The third kappa shape index (κ3) is 71.3. The molecule has 0 aromatic heterocycles. The first-order chi connectivity index (χ1) is 44.4. The molecule has 0 spiro atoms. The molecular weight excluding hydrogens is 1140 g/mol. The summed E-state index contributed by atoms with van der Waals surface area (Å²) in [6, 6.07) is -0.854. The smallest absolute Gasteiger partial charge is 0.456 e. The highest BCUT2D eigenvalue weighted by Gasteiger charge is 2.30. The fourth-order valence-corrected chi connectivity index (χ4v) is 12.1. The van der Waals surface area contributed by atoms with Crippen LogP contribution in [-0.4, -0.2) is 74.3 Å². The van der Waals surface area contributed by atoms with E-state index in [1.165, 1.54) is 244 Å². The summed E-state index contributed by atoms with van der Waals surface area (Å²) in [5, 5.41) is 3.08. The highest BCUT2D eigenvalue weighted by Crippen LogP contribution is 2.43. The number of ether oxygens (including phenoxy) is 1. The summed E-state index contributed by atoms with van der Waals surface area (Å²) in [4.78, 5) is 38.0. The second-order valence-corrected chi connectivity index (χ2v) is 29.0. The lowest BCUT2D eigenvalue weighted by Gasteiger charge is -2.27. The highest BCUT2D eigenvalue weighted by molar-refractivity contribution is 7.47. The Bertz CT molecular complexity index is 1830. The van der Waals surface area contributed by atoms with E-state index in [1.807, 2.05) is 27.2 Å². The maximum Gasteiger partial charge on any atom is 0.472 e. The lowest BCUT2D eigenvalue weighted by atomic mass is 10.0. The summed E-state index contributed by atoms with van der Waals surface area (Å²) in [6.45, 7) is 6.94. The number of esters is 1. The SMILES string of the molecule is CC/C=C\C/C=C\C/C=C\C/C=C\C/C=C\CCCCCCCCCCCCCC(=O)NC(COP(=O)(O)OCC[N+](C)(C)C)C(/C=C/CCCCCCCCCCCCC)OC(=O)CCCCCCCCCCCCCCCCC/C=C/CCCCCCCC. The molecule has 0 heterocycles. The van der Waals surface area contributed by atoms with Gasteiger partial charge in [-0.3, -0.25) is 18.6 Å². The van der Waals surface area contributed by atoms with Crippen LogP contribution in [0.3, 0.4) is 0 Å². The Hall–Kier alpha value is -2.81. The molecule has 0 saturated heterocycles. The first-order valence-corrected chi connectivity index (χ1v) is 40.4. The molecule has 0 rings (SSSR count). The van der Waals surface area contributed by atoms with E-state index in [-0.39, 0.29) is 25.1 Å². The lowest BCUT2D eigenvalue weighted by molar-refractivity contribution is -0.870. The number of amides is 1. The largest absolute Gasteiger partial charge is 0.472 e. The molecule has 0 aromatic carbocycles. The molecule has 9 nitrogen and oxygen atoms in total. The first-order valence-electron chi connectivity index (χ1n) is 38.9. The van der Waals surface area contributed by atoms with E-state index in [1.54, 1.807) is 0 Å². The quantitative estimate of drug-likeness (QED) is 0.0205. The van der Waals surface area contributed by atoms with Crippen molar-refractivity contribution in [1.29, 1.82) is 0 Å². The molecule has 0 aliphatic carbocycles. The minimum atomic E-state index is -4.46. The summed E-state index contributed by atoms with van der Waals surface area (Å²) in [6.07, 6.45) is 94.7. The molecule has 91 heavy (non-hydrogen) atoms. The van der Waals surface area contributed by atoms with Gasteiger partial charge in [-0.2, -0.15) is 0 Å². The number of rotatable bonds is 71. The zero-order valence-corrected chi connectivity index (χ0v) is 61.7. The molecule has 530 valence electrons. The predicted octanol–water partition coefficient (Wildman–Crippen LogP) is 25.2. The molecule has 0 saturated carbocycles. The molecule has 0 aromatic rings. The summed E-state index contributed by atoms with van der Waals surface area (Å²) in [7, 11) is 1.50. The van der Waals surface area contributed by atoms with Crippen LogP contribution >= 0.6 is 7.82 Å². The standard InChI is InChI=1S/C81H149N2O7P/c1-7-10-13-16-19-22-25-28-30-32-34-36-38-40-41-43-44-46-48-50-52-55-58-61-64-67-70-73-80(84)82-78(77-89-91(86,87)88-76-75-83(4,5)6)79(72-69-66-63-60-57-54-27-24-21-18-15-12-9-3)90-81(85)74-71-68-65-62-59-56-53-51-49-47-45-42-39-37-35-33-31-29-26-23-20-17-14-11-8-2/h10,13,19,22,28-31,34,36,40-41,69,72,78-79H,7-9,11-12,14-18,20-21,23-27,32-33,35,37-39,42-68,70-71,73-77H2,1-6H3,(H-,82,84,86,87)/p+1/b13-10-,22-19-,30-28-,31-29+,36-34-,41-40-,72-69+. The van der Waals surface area contributed by atoms with E-state index >= 15 is 0 Å². The van der Waals surface area contributed by atoms with E-state index in [9.17, 15) is 19.0 Å². The number of likely N-dealkylation sites (N-methyl/N-ethyl adjacent to an activating group) is 1. The van der Waals surface area contributed by atoms with Crippen molar-refractivity contribution in [2.75, 3.05) is 40.9 Å². The van der Waals surface area contributed by atoms with Gasteiger partial charge in [0.25, 0.3) is 0 Å². The molecule has 0 fully saturated rings. The van der Waals surface area contributed by atoms with Crippen molar-refractivity contribution in [1.82, 2.24) is 5.32 Å². The van der Waals surface area contributed by atoms with Gasteiger partial charge in [0, 0.05) is 12.8 Å². The Kier molecular flexibility index (Phi) is 67.8. The lowest BCUT2D eigenvalue weighted by Crippen LogP contribution is -2.47. The van der Waals surface area contributed by atoms with Crippen LogP contribution in [0.1, 0.15) is 367 Å². The molecule has 1 amide bonds. The first kappa shape index (κ1) is 88.2. The van der Waals surface area contributed by atoms with E-state index in [0.29, 0.717) is 23.9 Å². The van der Waals surface area contributed by atoms with Crippen LogP contribution < -0.4 is 5.32 Å². The van der Waals surface area contributed by atoms with Gasteiger partial charge in [0.05, 0.1) is 33.8 Å². The number of unbranched alkanes of at least 4 members (excludes halogenated alkanes) is 43. The van der Waals surface area contributed by atoms with Crippen LogP contribution in [0.25, 0.3) is 0 Å². The van der Waals surface area contributed by atoms with Crippen LogP contribution in [0.15, 0.2) is 85.1 Å². The van der Waals surface area contributed by atoms with Gasteiger partial charge in [0.15, 0.2) is 0 Å². The summed E-state index contributed by atoms with van der Waals surface area (Å²) < 4.78 is 30.9. The molecule has 0 aliphatic rings. The van der Waals surface area contributed by atoms with Gasteiger partial charge in [-0.1, -0.05) is 337 Å². The van der Waals surface area contributed by atoms with Gasteiger partial charge in [0.2, 0.25) is 5.91 Å². The number of allylic oxidation sites excluding steroid dienone is 13. The monoisotopic (exact) mass is 1290 g/mol.